The summed E-state index contributed by atoms with van der Waals surface area (Å²) in [7, 11) is 0. The topological polar surface area (TPSA) is 102 Å². The van der Waals surface area contributed by atoms with E-state index in [-0.39, 0.29) is 25.6 Å². The number of primary amides is 1. The van der Waals surface area contributed by atoms with Gasteiger partial charge in [-0.1, -0.05) is 48.5 Å². The number of hydrogen-bond acceptors (Lipinski definition) is 4. The molecular formula is C19H20N2O4. The van der Waals surface area contributed by atoms with Gasteiger partial charge in [-0.25, -0.2) is 4.79 Å². The Morgan fingerprint density at radius 3 is 2.16 bits per heavy atom. The number of ether oxygens (including phenoxy) is 1. The second-order valence-corrected chi connectivity index (χ2v) is 6.02. The Kier molecular flexibility index (Phi) is 5.00. The van der Waals surface area contributed by atoms with Gasteiger partial charge in [0.1, 0.15) is 6.61 Å². The smallest absolute Gasteiger partial charge is 0.407 e. The molecule has 1 aliphatic rings. The number of nitrogens with two attached hydrogens (primary N) is 1. The molecule has 0 aromatic heterocycles. The second kappa shape index (κ2) is 7.36. The van der Waals surface area contributed by atoms with Crippen LogP contribution in [0.25, 0.3) is 11.1 Å². The Morgan fingerprint density at radius 1 is 1.08 bits per heavy atom. The highest BCUT2D eigenvalue weighted by Crippen LogP contribution is 2.44. The molecule has 1 aliphatic carbocycles. The molecule has 0 heterocycles. The standard InChI is InChI=1S/C19H20N2O4/c20-18(23)9-12(10-22)21-19(24)25-11-17-15-7-3-1-5-13(15)14-6-2-4-8-16(14)17/h1-8,12,17,22H,9-11H2,(H2,20,23)(H,21,24)/t12-/m0/s1. The molecule has 25 heavy (non-hydrogen) atoms. The molecule has 2 aromatic rings. The normalized spacial score (nSPS) is 13.6. The maximum atomic E-state index is 12.0. The summed E-state index contributed by atoms with van der Waals surface area (Å²) in [4.78, 5) is 22.9. The monoisotopic (exact) mass is 340 g/mol. The summed E-state index contributed by atoms with van der Waals surface area (Å²) in [6.45, 7) is -0.207. The number of hydrogen-bond donors (Lipinski definition) is 3. The Labute approximate surface area is 145 Å². The maximum Gasteiger partial charge on any atom is 0.407 e. The van der Waals surface area contributed by atoms with Crippen LogP contribution >= 0.6 is 0 Å². The Hall–Kier alpha value is -2.86. The highest BCUT2D eigenvalue weighted by molar-refractivity contribution is 5.79. The molecule has 6 heteroatoms. The van der Waals surface area contributed by atoms with Crippen molar-refractivity contribution in [3.8, 4) is 11.1 Å². The van der Waals surface area contributed by atoms with Crippen LogP contribution in [0.4, 0.5) is 4.79 Å². The van der Waals surface area contributed by atoms with Crippen LogP contribution < -0.4 is 11.1 Å². The summed E-state index contributed by atoms with van der Waals surface area (Å²) >= 11 is 0. The summed E-state index contributed by atoms with van der Waals surface area (Å²) in [5.74, 6) is -0.639. The van der Waals surface area contributed by atoms with Crippen molar-refractivity contribution in [3.63, 3.8) is 0 Å². The predicted molar refractivity (Wildman–Crippen MR) is 92.9 cm³/mol. The molecule has 6 nitrogen and oxygen atoms in total. The van der Waals surface area contributed by atoms with Gasteiger partial charge in [0.05, 0.1) is 12.6 Å². The minimum absolute atomic E-state index is 0.0399. The molecule has 130 valence electrons. The quantitative estimate of drug-likeness (QED) is 0.746. The lowest BCUT2D eigenvalue weighted by molar-refractivity contribution is -0.118. The van der Waals surface area contributed by atoms with Crippen molar-refractivity contribution < 1.29 is 19.4 Å². The van der Waals surface area contributed by atoms with Crippen LogP contribution in [-0.2, 0) is 9.53 Å². The number of nitrogens with one attached hydrogen (secondary N) is 1. The summed E-state index contributed by atoms with van der Waals surface area (Å²) in [6.07, 6.45) is -0.817. The zero-order valence-corrected chi connectivity index (χ0v) is 13.6. The largest absolute Gasteiger partial charge is 0.449 e. The molecule has 0 unspecified atom stereocenters. The number of fused-ring (bicyclic) bond motifs is 3. The molecule has 2 aromatic carbocycles. The van der Waals surface area contributed by atoms with E-state index in [0.29, 0.717) is 0 Å². The first-order valence-corrected chi connectivity index (χ1v) is 8.10. The summed E-state index contributed by atoms with van der Waals surface area (Å²) in [5.41, 5.74) is 9.61. The van der Waals surface area contributed by atoms with Crippen LogP contribution in [0, 0.1) is 0 Å². The average Bonchev–Trinajstić information content (AvgIpc) is 2.93. The fraction of sp³-hybridized carbons (Fsp3) is 0.263. The van der Waals surface area contributed by atoms with Crippen LogP contribution in [0.15, 0.2) is 48.5 Å². The van der Waals surface area contributed by atoms with Gasteiger partial charge in [-0.3, -0.25) is 4.79 Å². The van der Waals surface area contributed by atoms with Crippen molar-refractivity contribution in [2.45, 2.75) is 18.4 Å². The summed E-state index contributed by atoms with van der Waals surface area (Å²) < 4.78 is 5.34. The first kappa shape index (κ1) is 17.0. The fourth-order valence-electron chi connectivity index (χ4n) is 3.21. The van der Waals surface area contributed by atoms with E-state index < -0.39 is 18.0 Å². The number of alkyl carbamates (subject to hydrolysis) is 1. The summed E-state index contributed by atoms with van der Waals surface area (Å²) in [6, 6.07) is 15.3. The van der Waals surface area contributed by atoms with Gasteiger partial charge in [0, 0.05) is 12.3 Å². The van der Waals surface area contributed by atoms with E-state index in [1.165, 1.54) is 0 Å². The van der Waals surface area contributed by atoms with Gasteiger partial charge >= 0.3 is 6.09 Å². The average molecular weight is 340 g/mol. The molecule has 4 N–H and O–H groups in total. The molecular weight excluding hydrogens is 320 g/mol. The van der Waals surface area contributed by atoms with E-state index in [4.69, 9.17) is 10.5 Å². The van der Waals surface area contributed by atoms with Crippen molar-refractivity contribution in [1.82, 2.24) is 5.32 Å². The van der Waals surface area contributed by atoms with Gasteiger partial charge in [0.2, 0.25) is 5.91 Å². The fourth-order valence-corrected chi connectivity index (χ4v) is 3.21. The molecule has 0 spiro atoms. The number of aliphatic hydroxyl groups is 1. The first-order chi connectivity index (χ1) is 12.1. The molecule has 0 bridgehead atoms. The van der Waals surface area contributed by atoms with Crippen molar-refractivity contribution in [2.24, 2.45) is 5.73 Å². The molecule has 3 rings (SSSR count). The number of aliphatic hydroxyl groups excluding tert-OH is 1. The highest BCUT2D eigenvalue weighted by Gasteiger charge is 2.29. The lowest BCUT2D eigenvalue weighted by atomic mass is 9.98. The molecule has 0 saturated carbocycles. The van der Waals surface area contributed by atoms with Crippen LogP contribution in [0.5, 0.6) is 0 Å². The van der Waals surface area contributed by atoms with E-state index in [1.54, 1.807) is 0 Å². The lowest BCUT2D eigenvalue weighted by Crippen LogP contribution is -2.41. The molecule has 2 amide bonds. The first-order valence-electron chi connectivity index (χ1n) is 8.10. The van der Waals surface area contributed by atoms with Crippen LogP contribution in [0.1, 0.15) is 23.5 Å². The number of amides is 2. The molecule has 0 fully saturated rings. The van der Waals surface area contributed by atoms with E-state index in [2.05, 4.69) is 17.4 Å². The lowest BCUT2D eigenvalue weighted by Gasteiger charge is -2.17. The third kappa shape index (κ3) is 3.64. The Bertz CT molecular complexity index is 745. The van der Waals surface area contributed by atoms with E-state index in [9.17, 15) is 14.7 Å². The minimum Gasteiger partial charge on any atom is -0.449 e. The van der Waals surface area contributed by atoms with Gasteiger partial charge < -0.3 is 20.9 Å². The predicted octanol–water partition coefficient (Wildman–Crippen LogP) is 1.76. The third-order valence-electron chi connectivity index (χ3n) is 4.33. The highest BCUT2D eigenvalue weighted by atomic mass is 16.5. The van der Waals surface area contributed by atoms with Gasteiger partial charge in [0.25, 0.3) is 0 Å². The summed E-state index contributed by atoms with van der Waals surface area (Å²) in [5, 5.41) is 11.6. The van der Waals surface area contributed by atoms with Crippen molar-refractivity contribution in [1.29, 1.82) is 0 Å². The SMILES string of the molecule is NC(=O)C[C@@H](CO)NC(=O)OCC1c2ccccc2-c2ccccc21. The van der Waals surface area contributed by atoms with Gasteiger partial charge in [0.15, 0.2) is 0 Å². The van der Waals surface area contributed by atoms with Crippen molar-refractivity contribution in [3.05, 3.63) is 59.7 Å². The molecule has 0 saturated heterocycles. The van der Waals surface area contributed by atoms with E-state index in [0.717, 1.165) is 22.3 Å². The minimum atomic E-state index is -0.742. The van der Waals surface area contributed by atoms with Crippen molar-refractivity contribution in [2.75, 3.05) is 13.2 Å². The van der Waals surface area contributed by atoms with Gasteiger partial charge in [-0.2, -0.15) is 0 Å². The second-order valence-electron chi connectivity index (χ2n) is 6.02. The van der Waals surface area contributed by atoms with E-state index >= 15 is 0 Å². The number of carbonyl (C=O) groups is 2. The number of carbonyl (C=O) groups excluding carboxylic acids is 2. The van der Waals surface area contributed by atoms with Gasteiger partial charge in [-0.05, 0) is 22.3 Å². The maximum absolute atomic E-state index is 12.0. The number of benzene rings is 2. The third-order valence-corrected chi connectivity index (χ3v) is 4.33. The van der Waals surface area contributed by atoms with Crippen LogP contribution in [0.2, 0.25) is 0 Å². The number of rotatable bonds is 6. The Morgan fingerprint density at radius 2 is 1.64 bits per heavy atom. The zero-order valence-electron chi connectivity index (χ0n) is 13.6. The van der Waals surface area contributed by atoms with Crippen LogP contribution in [-0.4, -0.2) is 36.4 Å². The van der Waals surface area contributed by atoms with E-state index in [1.807, 2.05) is 36.4 Å². The molecule has 1 atom stereocenters. The van der Waals surface area contributed by atoms with Crippen LogP contribution in [0.3, 0.4) is 0 Å². The van der Waals surface area contributed by atoms with Gasteiger partial charge in [-0.15, -0.1) is 0 Å². The molecule has 0 aliphatic heterocycles. The van der Waals surface area contributed by atoms with Crippen molar-refractivity contribution >= 4 is 12.0 Å². The Balaban J connectivity index is 1.69. The zero-order chi connectivity index (χ0) is 17.8. The molecule has 0 radical (unpaired) electrons.